The van der Waals surface area contributed by atoms with Crippen molar-refractivity contribution >= 4 is 22.7 Å². The van der Waals surface area contributed by atoms with Crippen LogP contribution in [-0.2, 0) is 9.53 Å². The molecule has 2 saturated heterocycles. The number of morpholine rings is 1. The van der Waals surface area contributed by atoms with Crippen molar-refractivity contribution in [2.75, 3.05) is 39.4 Å². The van der Waals surface area contributed by atoms with E-state index >= 15 is 0 Å². The zero-order chi connectivity index (χ0) is 24.9. The normalized spacial score (nSPS) is 22.2. The fourth-order valence-electron chi connectivity index (χ4n) is 5.71. The van der Waals surface area contributed by atoms with Gasteiger partial charge in [-0.25, -0.2) is 4.98 Å². The number of imidazole rings is 1. The molecule has 3 atom stereocenters. The fraction of sp³-hybridized carbons (Fsp3) is 0.679. The SMILES string of the molecule is CC(C)CCC(CC(=O)c1nc2ccccc2n1C(C)C)[C@@H]1CNC[C@H](C(=O)N2CCOCC2)C1. The maximum Gasteiger partial charge on any atom is 0.227 e. The van der Waals surface area contributed by atoms with E-state index in [0.717, 1.165) is 43.4 Å². The summed E-state index contributed by atoms with van der Waals surface area (Å²) < 4.78 is 7.51. The predicted molar refractivity (Wildman–Crippen MR) is 138 cm³/mol. The first-order valence-electron chi connectivity index (χ1n) is 13.4. The second-order valence-corrected chi connectivity index (χ2v) is 11.0. The lowest BCUT2D eigenvalue weighted by Gasteiger charge is -2.37. The van der Waals surface area contributed by atoms with Crippen LogP contribution in [-0.4, -0.2) is 65.5 Å². The van der Waals surface area contributed by atoms with Crippen molar-refractivity contribution in [1.82, 2.24) is 19.8 Å². The van der Waals surface area contributed by atoms with Crippen molar-refractivity contribution in [2.45, 2.75) is 59.4 Å². The molecular formula is C28H42N4O3. The quantitative estimate of drug-likeness (QED) is 0.539. The van der Waals surface area contributed by atoms with Crippen LogP contribution in [0, 0.1) is 23.7 Å². The highest BCUT2D eigenvalue weighted by Gasteiger charge is 2.35. The molecule has 0 saturated carbocycles. The number of para-hydroxylation sites is 2. The third kappa shape index (κ3) is 6.12. The predicted octanol–water partition coefficient (Wildman–Crippen LogP) is 4.33. The molecule has 0 radical (unpaired) electrons. The summed E-state index contributed by atoms with van der Waals surface area (Å²) >= 11 is 0. The summed E-state index contributed by atoms with van der Waals surface area (Å²) in [5, 5.41) is 3.53. The van der Waals surface area contributed by atoms with Gasteiger partial charge in [-0.15, -0.1) is 0 Å². The van der Waals surface area contributed by atoms with E-state index in [1.165, 1.54) is 0 Å². The van der Waals surface area contributed by atoms with Gasteiger partial charge in [-0.3, -0.25) is 9.59 Å². The first-order chi connectivity index (χ1) is 16.8. The van der Waals surface area contributed by atoms with Crippen molar-refractivity contribution in [3.63, 3.8) is 0 Å². The maximum absolute atomic E-state index is 13.7. The summed E-state index contributed by atoms with van der Waals surface area (Å²) in [7, 11) is 0. The Morgan fingerprint density at radius 3 is 2.54 bits per heavy atom. The van der Waals surface area contributed by atoms with E-state index in [2.05, 4.69) is 37.6 Å². The molecular weight excluding hydrogens is 440 g/mol. The van der Waals surface area contributed by atoms with Crippen LogP contribution in [0.3, 0.4) is 0 Å². The average Bonchev–Trinajstić information content (AvgIpc) is 3.26. The van der Waals surface area contributed by atoms with Crippen LogP contribution in [0.5, 0.6) is 0 Å². The maximum atomic E-state index is 13.7. The number of nitrogens with zero attached hydrogens (tertiary/aromatic N) is 3. The first-order valence-corrected chi connectivity index (χ1v) is 13.4. The van der Waals surface area contributed by atoms with Crippen LogP contribution >= 0.6 is 0 Å². The van der Waals surface area contributed by atoms with E-state index < -0.39 is 0 Å². The lowest BCUT2D eigenvalue weighted by molar-refractivity contribution is -0.140. The molecule has 3 heterocycles. The van der Waals surface area contributed by atoms with Gasteiger partial charge in [0.05, 0.1) is 30.2 Å². The van der Waals surface area contributed by atoms with Gasteiger partial charge in [0, 0.05) is 32.1 Å². The summed E-state index contributed by atoms with van der Waals surface area (Å²) in [5.74, 6) is 2.02. The standard InChI is InChI=1S/C28H42N4O3/c1-19(2)9-10-21(22-15-23(18-29-17-22)28(34)31-11-13-35-14-12-31)16-26(33)27-30-24-7-5-6-8-25(24)32(27)20(3)4/h5-8,19-23,29H,9-18H2,1-4H3/t21?,22-,23+/m0/s1. The van der Waals surface area contributed by atoms with Crippen molar-refractivity contribution in [1.29, 1.82) is 0 Å². The molecule has 192 valence electrons. The fourth-order valence-corrected chi connectivity index (χ4v) is 5.71. The Balaban J connectivity index is 1.52. The van der Waals surface area contributed by atoms with Gasteiger partial charge in [0.2, 0.25) is 5.91 Å². The van der Waals surface area contributed by atoms with E-state index in [1.54, 1.807) is 0 Å². The van der Waals surface area contributed by atoms with E-state index in [9.17, 15) is 9.59 Å². The van der Waals surface area contributed by atoms with Crippen LogP contribution in [0.25, 0.3) is 11.0 Å². The number of rotatable bonds is 9. The minimum Gasteiger partial charge on any atom is -0.378 e. The molecule has 7 heteroatoms. The van der Waals surface area contributed by atoms with E-state index in [4.69, 9.17) is 9.72 Å². The van der Waals surface area contributed by atoms with Crippen molar-refractivity contribution in [3.8, 4) is 0 Å². The Bertz CT molecular complexity index is 1010. The third-order valence-electron chi connectivity index (χ3n) is 7.65. The number of carbonyl (C=O) groups excluding carboxylic acids is 2. The van der Waals surface area contributed by atoms with Gasteiger partial charge in [0.1, 0.15) is 0 Å². The second kappa shape index (κ2) is 11.7. The van der Waals surface area contributed by atoms with Crippen LogP contribution in [0.1, 0.15) is 70.0 Å². The minimum atomic E-state index is -0.0243. The number of carbonyl (C=O) groups is 2. The molecule has 4 rings (SSSR count). The number of ketones is 1. The number of Topliss-reactive ketones (excluding diaryl/α,β-unsaturated/α-hetero) is 1. The topological polar surface area (TPSA) is 76.5 Å². The Hall–Kier alpha value is -2.25. The highest BCUT2D eigenvalue weighted by Crippen LogP contribution is 2.33. The molecule has 1 amide bonds. The van der Waals surface area contributed by atoms with E-state index in [1.807, 2.05) is 29.2 Å². The Morgan fingerprint density at radius 2 is 1.83 bits per heavy atom. The highest BCUT2D eigenvalue weighted by atomic mass is 16.5. The number of amides is 1. The van der Waals surface area contributed by atoms with Crippen LogP contribution in [0.4, 0.5) is 0 Å². The van der Waals surface area contributed by atoms with Gasteiger partial charge in [0.15, 0.2) is 11.6 Å². The van der Waals surface area contributed by atoms with Gasteiger partial charge in [-0.1, -0.05) is 32.4 Å². The Kier molecular flexibility index (Phi) is 8.60. The smallest absolute Gasteiger partial charge is 0.227 e. The number of piperidine rings is 1. The average molecular weight is 483 g/mol. The number of ether oxygens (including phenoxy) is 1. The van der Waals surface area contributed by atoms with Gasteiger partial charge < -0.3 is 19.5 Å². The largest absolute Gasteiger partial charge is 0.378 e. The molecule has 0 aliphatic carbocycles. The monoisotopic (exact) mass is 482 g/mol. The number of hydrogen-bond acceptors (Lipinski definition) is 5. The Labute approximate surface area is 209 Å². The number of hydrogen-bond donors (Lipinski definition) is 1. The molecule has 1 aromatic heterocycles. The number of nitrogens with one attached hydrogen (secondary N) is 1. The molecule has 7 nitrogen and oxygen atoms in total. The molecule has 1 unspecified atom stereocenters. The number of aromatic nitrogens is 2. The third-order valence-corrected chi connectivity index (χ3v) is 7.65. The van der Waals surface area contributed by atoms with Gasteiger partial charge in [0.25, 0.3) is 0 Å². The first kappa shape index (κ1) is 25.8. The van der Waals surface area contributed by atoms with Crippen LogP contribution in [0.2, 0.25) is 0 Å². The molecule has 2 fully saturated rings. The van der Waals surface area contributed by atoms with Crippen molar-refractivity contribution in [2.24, 2.45) is 23.7 Å². The van der Waals surface area contributed by atoms with Gasteiger partial charge in [-0.05, 0) is 63.1 Å². The van der Waals surface area contributed by atoms with E-state index in [-0.39, 0.29) is 29.6 Å². The molecule has 0 bridgehead atoms. The molecule has 1 aromatic carbocycles. The summed E-state index contributed by atoms with van der Waals surface area (Å²) in [6, 6.07) is 8.15. The van der Waals surface area contributed by atoms with Crippen LogP contribution < -0.4 is 5.32 Å². The molecule has 2 aliphatic rings. The molecule has 2 aliphatic heterocycles. The zero-order valence-corrected chi connectivity index (χ0v) is 21.8. The lowest BCUT2D eigenvalue weighted by Crippen LogP contribution is -2.50. The van der Waals surface area contributed by atoms with Crippen LogP contribution in [0.15, 0.2) is 24.3 Å². The molecule has 1 N–H and O–H groups in total. The minimum absolute atomic E-state index is 0.0243. The summed E-state index contributed by atoms with van der Waals surface area (Å²) in [4.78, 5) is 33.6. The molecule has 0 spiro atoms. The van der Waals surface area contributed by atoms with Crippen molar-refractivity contribution in [3.05, 3.63) is 30.1 Å². The zero-order valence-electron chi connectivity index (χ0n) is 21.8. The number of fused-ring (bicyclic) bond motifs is 1. The summed E-state index contributed by atoms with van der Waals surface area (Å²) in [6.45, 7) is 12.9. The van der Waals surface area contributed by atoms with Gasteiger partial charge in [-0.2, -0.15) is 0 Å². The van der Waals surface area contributed by atoms with Crippen molar-refractivity contribution < 1.29 is 14.3 Å². The Morgan fingerprint density at radius 1 is 1.09 bits per heavy atom. The summed E-state index contributed by atoms with van der Waals surface area (Å²) in [5.41, 5.74) is 1.89. The molecule has 2 aromatic rings. The second-order valence-electron chi connectivity index (χ2n) is 11.0. The summed E-state index contributed by atoms with van der Waals surface area (Å²) in [6.07, 6.45) is 3.40. The number of benzene rings is 1. The van der Waals surface area contributed by atoms with E-state index in [0.29, 0.717) is 50.4 Å². The lowest BCUT2D eigenvalue weighted by atomic mass is 9.76. The highest BCUT2D eigenvalue weighted by molar-refractivity contribution is 5.96. The van der Waals surface area contributed by atoms with Gasteiger partial charge >= 0.3 is 0 Å². The molecule has 35 heavy (non-hydrogen) atoms.